The van der Waals surface area contributed by atoms with Crippen molar-refractivity contribution in [2.75, 3.05) is 18.5 Å². The summed E-state index contributed by atoms with van der Waals surface area (Å²) in [6.07, 6.45) is 0. The van der Waals surface area contributed by atoms with Gasteiger partial charge in [0.15, 0.2) is 0 Å². The maximum atomic E-state index is 13.3. The highest BCUT2D eigenvalue weighted by atomic mass is 19.1. The molecule has 2 rings (SSSR count). The quantitative estimate of drug-likeness (QED) is 0.779. The average molecular weight is 377 g/mol. The Hall–Kier alpha value is -3.29. The summed E-state index contributed by atoms with van der Waals surface area (Å²) >= 11 is 0. The zero-order valence-corrected chi connectivity index (χ0v) is 14.7. The molecule has 0 saturated heterocycles. The molecule has 0 fully saturated rings. The number of rotatable bonds is 6. The highest BCUT2D eigenvalue weighted by molar-refractivity contribution is 6.06. The fourth-order valence-electron chi connectivity index (χ4n) is 2.25. The molecular formula is C19H17F2NO5. The third-order valence-electron chi connectivity index (χ3n) is 3.34. The van der Waals surface area contributed by atoms with Crippen LogP contribution in [0.2, 0.25) is 0 Å². The van der Waals surface area contributed by atoms with Gasteiger partial charge in [0.25, 0.3) is 5.91 Å². The molecule has 0 atom stereocenters. The Morgan fingerprint density at radius 1 is 0.778 bits per heavy atom. The van der Waals surface area contributed by atoms with Crippen LogP contribution in [0.3, 0.4) is 0 Å². The average Bonchev–Trinajstić information content (AvgIpc) is 2.61. The lowest BCUT2D eigenvalue weighted by atomic mass is 10.1. The predicted octanol–water partition coefficient (Wildman–Crippen LogP) is 3.57. The van der Waals surface area contributed by atoms with Gasteiger partial charge in [0, 0.05) is 17.3 Å². The van der Waals surface area contributed by atoms with Crippen molar-refractivity contribution in [3.63, 3.8) is 0 Å². The van der Waals surface area contributed by atoms with Crippen LogP contribution in [-0.2, 0) is 9.47 Å². The molecule has 2 aromatic carbocycles. The first-order chi connectivity index (χ1) is 12.8. The number of esters is 2. The molecule has 142 valence electrons. The third kappa shape index (κ3) is 5.34. The Morgan fingerprint density at radius 2 is 1.26 bits per heavy atom. The summed E-state index contributed by atoms with van der Waals surface area (Å²) in [4.78, 5) is 36.2. The molecule has 0 radical (unpaired) electrons. The van der Waals surface area contributed by atoms with Gasteiger partial charge in [0.2, 0.25) is 0 Å². The SMILES string of the molecule is CCOC(=O)c1cc(NC(=O)c2cc(F)cc(F)c2)cc(C(=O)OCC)c1. The molecule has 0 spiro atoms. The number of benzene rings is 2. The Bertz CT molecular complexity index is 826. The molecule has 1 amide bonds. The number of hydrogen-bond donors (Lipinski definition) is 1. The van der Waals surface area contributed by atoms with Gasteiger partial charge >= 0.3 is 11.9 Å². The number of anilines is 1. The van der Waals surface area contributed by atoms with Crippen LogP contribution in [0.5, 0.6) is 0 Å². The molecule has 2 aromatic rings. The number of amides is 1. The molecule has 8 heteroatoms. The molecule has 0 aliphatic carbocycles. The van der Waals surface area contributed by atoms with Gasteiger partial charge in [-0.25, -0.2) is 18.4 Å². The van der Waals surface area contributed by atoms with Gasteiger partial charge in [0.05, 0.1) is 24.3 Å². The number of ether oxygens (including phenoxy) is 2. The fraction of sp³-hybridized carbons (Fsp3) is 0.211. The smallest absolute Gasteiger partial charge is 0.338 e. The number of hydrogen-bond acceptors (Lipinski definition) is 5. The summed E-state index contributed by atoms with van der Waals surface area (Å²) in [5.41, 5.74) is -0.156. The van der Waals surface area contributed by atoms with E-state index in [0.717, 1.165) is 12.1 Å². The van der Waals surface area contributed by atoms with E-state index in [1.54, 1.807) is 13.8 Å². The van der Waals surface area contributed by atoms with Gasteiger partial charge in [-0.15, -0.1) is 0 Å². The molecule has 6 nitrogen and oxygen atoms in total. The van der Waals surface area contributed by atoms with Crippen LogP contribution in [0, 0.1) is 11.6 Å². The Morgan fingerprint density at radius 3 is 1.70 bits per heavy atom. The minimum Gasteiger partial charge on any atom is -0.462 e. The summed E-state index contributed by atoms with van der Waals surface area (Å²) in [6.45, 7) is 3.47. The lowest BCUT2D eigenvalue weighted by molar-refractivity contribution is 0.0525. The second-order valence-corrected chi connectivity index (χ2v) is 5.35. The minimum atomic E-state index is -0.910. The third-order valence-corrected chi connectivity index (χ3v) is 3.34. The van der Waals surface area contributed by atoms with E-state index >= 15 is 0 Å². The largest absolute Gasteiger partial charge is 0.462 e. The highest BCUT2D eigenvalue weighted by Crippen LogP contribution is 2.19. The van der Waals surface area contributed by atoms with E-state index in [1.165, 1.54) is 18.2 Å². The van der Waals surface area contributed by atoms with Gasteiger partial charge in [-0.2, -0.15) is 0 Å². The van der Waals surface area contributed by atoms with Crippen molar-refractivity contribution in [3.05, 3.63) is 64.7 Å². The maximum Gasteiger partial charge on any atom is 0.338 e. The van der Waals surface area contributed by atoms with Crippen molar-refractivity contribution >= 4 is 23.5 Å². The lowest BCUT2D eigenvalue weighted by Gasteiger charge is -2.11. The minimum absolute atomic E-state index is 0.0168. The van der Waals surface area contributed by atoms with Crippen molar-refractivity contribution < 1.29 is 32.6 Å². The van der Waals surface area contributed by atoms with Crippen LogP contribution >= 0.6 is 0 Å². The summed E-state index contributed by atoms with van der Waals surface area (Å²) in [7, 11) is 0. The van der Waals surface area contributed by atoms with Gasteiger partial charge in [-0.3, -0.25) is 4.79 Å². The first-order valence-electron chi connectivity index (χ1n) is 8.10. The molecule has 0 saturated carbocycles. The van der Waals surface area contributed by atoms with Crippen molar-refractivity contribution in [1.29, 1.82) is 0 Å². The van der Waals surface area contributed by atoms with Crippen molar-refractivity contribution in [1.82, 2.24) is 0 Å². The fourth-order valence-corrected chi connectivity index (χ4v) is 2.25. The number of carbonyl (C=O) groups excluding carboxylic acids is 3. The number of nitrogens with one attached hydrogen (secondary N) is 1. The van der Waals surface area contributed by atoms with E-state index in [2.05, 4.69) is 5.32 Å². The molecule has 0 aliphatic rings. The van der Waals surface area contributed by atoms with Crippen molar-refractivity contribution in [2.24, 2.45) is 0 Å². The lowest BCUT2D eigenvalue weighted by Crippen LogP contribution is -2.15. The standard InChI is InChI=1S/C19H17F2NO5/c1-3-26-18(24)12-5-13(19(25)27-4-2)9-16(8-12)22-17(23)11-6-14(20)10-15(21)7-11/h5-10H,3-4H2,1-2H3,(H,22,23). The van der Waals surface area contributed by atoms with Crippen molar-refractivity contribution in [3.8, 4) is 0 Å². The topological polar surface area (TPSA) is 81.7 Å². The second-order valence-electron chi connectivity index (χ2n) is 5.35. The molecule has 1 N–H and O–H groups in total. The van der Waals surface area contributed by atoms with E-state index in [-0.39, 0.29) is 35.6 Å². The first kappa shape index (κ1) is 20.0. The summed E-state index contributed by atoms with van der Waals surface area (Å²) < 4.78 is 36.4. The zero-order chi connectivity index (χ0) is 20.0. The maximum absolute atomic E-state index is 13.3. The van der Waals surface area contributed by atoms with E-state index in [9.17, 15) is 23.2 Å². The van der Waals surface area contributed by atoms with E-state index < -0.39 is 29.5 Å². The Labute approximate surface area is 154 Å². The van der Waals surface area contributed by atoms with E-state index in [0.29, 0.717) is 6.07 Å². The van der Waals surface area contributed by atoms with E-state index in [1.807, 2.05) is 0 Å². The molecule has 0 heterocycles. The van der Waals surface area contributed by atoms with Crippen LogP contribution in [-0.4, -0.2) is 31.1 Å². The van der Waals surface area contributed by atoms with Crippen molar-refractivity contribution in [2.45, 2.75) is 13.8 Å². The zero-order valence-electron chi connectivity index (χ0n) is 14.7. The van der Waals surface area contributed by atoms with Crippen LogP contribution < -0.4 is 5.32 Å². The van der Waals surface area contributed by atoms with Gasteiger partial charge in [-0.1, -0.05) is 0 Å². The van der Waals surface area contributed by atoms with Crippen LogP contribution in [0.25, 0.3) is 0 Å². The van der Waals surface area contributed by atoms with Gasteiger partial charge in [0.1, 0.15) is 11.6 Å². The second kappa shape index (κ2) is 8.88. The Balaban J connectivity index is 2.37. The summed E-state index contributed by atoms with van der Waals surface area (Å²) in [5, 5.41) is 2.40. The highest BCUT2D eigenvalue weighted by Gasteiger charge is 2.17. The molecule has 0 unspecified atom stereocenters. The van der Waals surface area contributed by atoms with Crippen LogP contribution in [0.1, 0.15) is 44.9 Å². The Kier molecular flexibility index (Phi) is 6.59. The summed E-state index contributed by atoms with van der Waals surface area (Å²) in [6, 6.07) is 6.20. The molecule has 0 aliphatic heterocycles. The number of carbonyl (C=O) groups is 3. The number of halogens is 2. The molecule has 0 bridgehead atoms. The monoisotopic (exact) mass is 377 g/mol. The molecule has 0 aromatic heterocycles. The predicted molar refractivity (Wildman–Crippen MR) is 92.7 cm³/mol. The summed E-state index contributed by atoms with van der Waals surface area (Å²) in [5.74, 6) is -4.03. The van der Waals surface area contributed by atoms with Gasteiger partial charge in [-0.05, 0) is 44.2 Å². The van der Waals surface area contributed by atoms with Gasteiger partial charge < -0.3 is 14.8 Å². The molecule has 27 heavy (non-hydrogen) atoms. The molecular weight excluding hydrogens is 360 g/mol. The van der Waals surface area contributed by atoms with Crippen LogP contribution in [0.4, 0.5) is 14.5 Å². The van der Waals surface area contributed by atoms with E-state index in [4.69, 9.17) is 9.47 Å². The normalized spacial score (nSPS) is 10.2. The first-order valence-corrected chi connectivity index (χ1v) is 8.10. The van der Waals surface area contributed by atoms with Crippen LogP contribution in [0.15, 0.2) is 36.4 Å².